The van der Waals surface area contributed by atoms with Crippen molar-refractivity contribution in [3.05, 3.63) is 57.0 Å². The molecular weight excluding hydrogens is 438 g/mol. The predicted octanol–water partition coefficient (Wildman–Crippen LogP) is 4.69. The first-order valence-electron chi connectivity index (χ1n) is 7.54. The van der Waals surface area contributed by atoms with Crippen molar-refractivity contribution in [3.63, 3.8) is 0 Å². The van der Waals surface area contributed by atoms with E-state index in [2.05, 4.69) is 37.2 Å². The minimum atomic E-state index is -0.174. The molecule has 24 heavy (non-hydrogen) atoms. The predicted molar refractivity (Wildman–Crippen MR) is 101 cm³/mol. The third-order valence-corrected chi connectivity index (χ3v) is 4.15. The van der Waals surface area contributed by atoms with Crippen LogP contribution in [0.4, 0.5) is 0 Å². The van der Waals surface area contributed by atoms with Gasteiger partial charge in [-0.15, -0.1) is 0 Å². The Bertz CT molecular complexity index is 687. The fourth-order valence-corrected chi connectivity index (χ4v) is 3.11. The Kier molecular flexibility index (Phi) is 7.12. The van der Waals surface area contributed by atoms with Gasteiger partial charge in [0.15, 0.2) is 6.61 Å². The van der Waals surface area contributed by atoms with E-state index in [1.807, 2.05) is 50.2 Å². The fourth-order valence-electron chi connectivity index (χ4n) is 1.95. The Morgan fingerprint density at radius 1 is 1.12 bits per heavy atom. The largest absolute Gasteiger partial charge is 0.491 e. The number of hydrogen-bond acceptors (Lipinski definition) is 3. The van der Waals surface area contributed by atoms with Gasteiger partial charge in [0.2, 0.25) is 0 Å². The molecule has 0 aliphatic rings. The van der Waals surface area contributed by atoms with Crippen LogP contribution in [0.2, 0.25) is 0 Å². The lowest BCUT2D eigenvalue weighted by molar-refractivity contribution is -0.123. The maximum Gasteiger partial charge on any atom is 0.258 e. The Hall–Kier alpha value is -1.53. The van der Waals surface area contributed by atoms with Gasteiger partial charge in [0.1, 0.15) is 11.5 Å². The zero-order valence-electron chi connectivity index (χ0n) is 13.5. The number of carbonyl (C=O) groups excluding carboxylic acids is 1. The molecule has 1 N–H and O–H groups in total. The average molecular weight is 457 g/mol. The number of amides is 1. The normalized spacial score (nSPS) is 10.5. The Morgan fingerprint density at radius 2 is 1.83 bits per heavy atom. The molecule has 128 valence electrons. The lowest BCUT2D eigenvalue weighted by Crippen LogP contribution is -2.28. The summed E-state index contributed by atoms with van der Waals surface area (Å²) in [5.41, 5.74) is 1.00. The van der Waals surface area contributed by atoms with Crippen LogP contribution in [0.5, 0.6) is 11.5 Å². The van der Waals surface area contributed by atoms with Gasteiger partial charge >= 0.3 is 0 Å². The molecule has 0 unspecified atom stereocenters. The van der Waals surface area contributed by atoms with E-state index in [9.17, 15) is 4.79 Å². The zero-order valence-corrected chi connectivity index (χ0v) is 16.7. The van der Waals surface area contributed by atoms with Crippen LogP contribution in [-0.2, 0) is 11.3 Å². The molecule has 2 aromatic carbocycles. The quantitative estimate of drug-likeness (QED) is 0.657. The van der Waals surface area contributed by atoms with Crippen LogP contribution < -0.4 is 14.8 Å². The first-order valence-corrected chi connectivity index (χ1v) is 9.13. The Balaban J connectivity index is 1.78. The first kappa shape index (κ1) is 18.8. The van der Waals surface area contributed by atoms with Crippen LogP contribution in [0, 0.1) is 0 Å². The highest BCUT2D eigenvalue weighted by Crippen LogP contribution is 2.28. The summed E-state index contributed by atoms with van der Waals surface area (Å²) in [6, 6.07) is 13.2. The molecule has 0 atom stereocenters. The number of ether oxygens (including phenoxy) is 2. The van der Waals surface area contributed by atoms with Crippen LogP contribution in [0.3, 0.4) is 0 Å². The molecule has 0 radical (unpaired) electrons. The summed E-state index contributed by atoms with van der Waals surface area (Å²) >= 11 is 6.77. The van der Waals surface area contributed by atoms with Gasteiger partial charge in [-0.2, -0.15) is 0 Å². The third-order valence-electron chi connectivity index (χ3n) is 3.04. The molecule has 0 saturated carbocycles. The lowest BCUT2D eigenvalue weighted by atomic mass is 10.2. The van der Waals surface area contributed by atoms with E-state index in [1.54, 1.807) is 6.07 Å². The summed E-state index contributed by atoms with van der Waals surface area (Å²) in [4.78, 5) is 11.9. The van der Waals surface area contributed by atoms with E-state index in [0.717, 1.165) is 20.3 Å². The van der Waals surface area contributed by atoms with Gasteiger partial charge in [-0.1, -0.05) is 28.1 Å². The molecule has 1 amide bonds. The summed E-state index contributed by atoms with van der Waals surface area (Å²) < 4.78 is 12.8. The minimum absolute atomic E-state index is 0.0330. The average Bonchev–Trinajstić information content (AvgIpc) is 2.53. The highest BCUT2D eigenvalue weighted by molar-refractivity contribution is 9.11. The molecule has 0 aromatic heterocycles. The van der Waals surface area contributed by atoms with Gasteiger partial charge in [0.25, 0.3) is 5.91 Å². The van der Waals surface area contributed by atoms with Gasteiger partial charge in [-0.05, 0) is 65.7 Å². The van der Waals surface area contributed by atoms with Crippen molar-refractivity contribution in [2.75, 3.05) is 6.61 Å². The minimum Gasteiger partial charge on any atom is -0.491 e. The van der Waals surface area contributed by atoms with E-state index < -0.39 is 0 Å². The molecule has 0 spiro atoms. The van der Waals surface area contributed by atoms with Crippen LogP contribution in [-0.4, -0.2) is 18.6 Å². The molecule has 0 heterocycles. The van der Waals surface area contributed by atoms with Gasteiger partial charge in [0, 0.05) is 11.0 Å². The van der Waals surface area contributed by atoms with Gasteiger partial charge < -0.3 is 14.8 Å². The smallest absolute Gasteiger partial charge is 0.258 e. The van der Waals surface area contributed by atoms with Crippen molar-refractivity contribution in [3.8, 4) is 11.5 Å². The molecule has 0 aliphatic heterocycles. The summed E-state index contributed by atoms with van der Waals surface area (Å²) in [5.74, 6) is 1.28. The van der Waals surface area contributed by atoms with Crippen molar-refractivity contribution in [2.24, 2.45) is 0 Å². The van der Waals surface area contributed by atoms with Crippen molar-refractivity contribution >= 4 is 37.8 Å². The molecule has 0 bridgehead atoms. The van der Waals surface area contributed by atoms with E-state index in [1.165, 1.54) is 0 Å². The molecular formula is C18H19Br2NO3. The summed E-state index contributed by atoms with van der Waals surface area (Å²) in [5, 5.41) is 2.83. The molecule has 2 aromatic rings. The van der Waals surface area contributed by atoms with Crippen molar-refractivity contribution in [1.29, 1.82) is 0 Å². The molecule has 6 heteroatoms. The van der Waals surface area contributed by atoms with Crippen LogP contribution in [0.1, 0.15) is 19.4 Å². The molecule has 2 rings (SSSR count). The summed E-state index contributed by atoms with van der Waals surface area (Å²) in [7, 11) is 0. The van der Waals surface area contributed by atoms with Crippen molar-refractivity contribution in [2.45, 2.75) is 26.5 Å². The lowest BCUT2D eigenvalue weighted by Gasteiger charge is -2.11. The number of halogens is 2. The van der Waals surface area contributed by atoms with Crippen molar-refractivity contribution < 1.29 is 14.3 Å². The molecule has 0 saturated heterocycles. The highest BCUT2D eigenvalue weighted by atomic mass is 79.9. The number of benzene rings is 2. The summed E-state index contributed by atoms with van der Waals surface area (Å²) in [6.45, 7) is 4.39. The Morgan fingerprint density at radius 3 is 2.46 bits per heavy atom. The van der Waals surface area contributed by atoms with Crippen LogP contribution >= 0.6 is 31.9 Å². The second kappa shape index (κ2) is 9.08. The Labute approximate surface area is 158 Å². The van der Waals surface area contributed by atoms with E-state index in [4.69, 9.17) is 9.47 Å². The number of nitrogens with one attached hydrogen (secondary N) is 1. The summed E-state index contributed by atoms with van der Waals surface area (Å²) in [6.07, 6.45) is 0.144. The fraction of sp³-hybridized carbons (Fsp3) is 0.278. The molecule has 0 fully saturated rings. The number of carbonyl (C=O) groups is 1. The first-order chi connectivity index (χ1) is 11.4. The molecule has 0 aliphatic carbocycles. The molecule has 4 nitrogen and oxygen atoms in total. The second-order valence-electron chi connectivity index (χ2n) is 5.45. The van der Waals surface area contributed by atoms with Crippen LogP contribution in [0.15, 0.2) is 51.4 Å². The van der Waals surface area contributed by atoms with Crippen molar-refractivity contribution in [1.82, 2.24) is 5.32 Å². The van der Waals surface area contributed by atoms with Gasteiger partial charge in [-0.25, -0.2) is 0 Å². The van der Waals surface area contributed by atoms with E-state index >= 15 is 0 Å². The van der Waals surface area contributed by atoms with E-state index in [-0.39, 0.29) is 18.6 Å². The van der Waals surface area contributed by atoms with Gasteiger partial charge in [0.05, 0.1) is 10.6 Å². The standard InChI is InChI=1S/C18H19Br2NO3/c1-12(2)24-15-6-3-13(4-7-15)10-21-18(22)11-23-17-8-5-14(19)9-16(17)20/h3-9,12H,10-11H2,1-2H3,(H,21,22). The highest BCUT2D eigenvalue weighted by Gasteiger charge is 2.06. The number of rotatable bonds is 7. The maximum atomic E-state index is 11.9. The topological polar surface area (TPSA) is 47.6 Å². The second-order valence-corrected chi connectivity index (χ2v) is 7.22. The number of hydrogen-bond donors (Lipinski definition) is 1. The van der Waals surface area contributed by atoms with E-state index in [0.29, 0.717) is 12.3 Å². The SMILES string of the molecule is CC(C)Oc1ccc(CNC(=O)COc2ccc(Br)cc2Br)cc1. The maximum absolute atomic E-state index is 11.9. The van der Waals surface area contributed by atoms with Gasteiger partial charge in [-0.3, -0.25) is 4.79 Å². The van der Waals surface area contributed by atoms with Crippen LogP contribution in [0.25, 0.3) is 0 Å². The zero-order chi connectivity index (χ0) is 17.5. The monoisotopic (exact) mass is 455 g/mol. The third kappa shape index (κ3) is 6.17.